The molecule has 12 heavy (non-hydrogen) atoms. The highest BCUT2D eigenvalue weighted by atomic mass is 32.1. The summed E-state index contributed by atoms with van der Waals surface area (Å²) in [6, 6.07) is 0. The summed E-state index contributed by atoms with van der Waals surface area (Å²) in [6.45, 7) is 6.53. The van der Waals surface area contributed by atoms with E-state index < -0.39 is 0 Å². The number of rotatable bonds is 1. The van der Waals surface area contributed by atoms with Gasteiger partial charge in [0.05, 0.1) is 10.7 Å². The van der Waals surface area contributed by atoms with Gasteiger partial charge in [-0.15, -0.1) is 11.3 Å². The van der Waals surface area contributed by atoms with Crippen molar-refractivity contribution >= 4 is 11.3 Å². The van der Waals surface area contributed by atoms with E-state index >= 15 is 0 Å². The summed E-state index contributed by atoms with van der Waals surface area (Å²) in [6.07, 6.45) is 1.11. The minimum atomic E-state index is 0.584. The Kier molecular flexibility index (Phi) is 2.15. The van der Waals surface area contributed by atoms with Gasteiger partial charge in [-0.1, -0.05) is 13.8 Å². The van der Waals surface area contributed by atoms with Gasteiger partial charge in [0, 0.05) is 30.3 Å². The van der Waals surface area contributed by atoms with Crippen LogP contribution in [0.4, 0.5) is 0 Å². The molecule has 1 aliphatic heterocycles. The Labute approximate surface area is 77.0 Å². The maximum Gasteiger partial charge on any atom is 0.0957 e. The predicted molar refractivity (Wildman–Crippen MR) is 51.6 cm³/mol. The third kappa shape index (κ3) is 1.39. The second-order valence-electron chi connectivity index (χ2n) is 3.50. The molecule has 2 nitrogen and oxygen atoms in total. The van der Waals surface area contributed by atoms with E-state index in [4.69, 9.17) is 0 Å². The van der Waals surface area contributed by atoms with Crippen LogP contribution in [-0.2, 0) is 13.0 Å². The average molecular weight is 182 g/mol. The Bertz CT molecular complexity index is 255. The van der Waals surface area contributed by atoms with Gasteiger partial charge in [0.25, 0.3) is 0 Å². The molecule has 0 aliphatic carbocycles. The summed E-state index contributed by atoms with van der Waals surface area (Å²) < 4.78 is 0. The van der Waals surface area contributed by atoms with Crippen molar-refractivity contribution in [1.29, 1.82) is 0 Å². The van der Waals surface area contributed by atoms with Crippen LogP contribution < -0.4 is 5.32 Å². The van der Waals surface area contributed by atoms with Gasteiger partial charge < -0.3 is 5.32 Å². The number of thiazole rings is 1. The van der Waals surface area contributed by atoms with E-state index in [0.717, 1.165) is 19.5 Å². The molecule has 2 rings (SSSR count). The highest BCUT2D eigenvalue weighted by Crippen LogP contribution is 2.26. The molecule has 0 radical (unpaired) electrons. The zero-order valence-corrected chi connectivity index (χ0v) is 8.37. The van der Waals surface area contributed by atoms with E-state index in [2.05, 4.69) is 24.1 Å². The monoisotopic (exact) mass is 182 g/mol. The molecule has 1 aliphatic rings. The van der Waals surface area contributed by atoms with Crippen molar-refractivity contribution in [1.82, 2.24) is 10.3 Å². The largest absolute Gasteiger partial charge is 0.311 e. The molecule has 66 valence electrons. The van der Waals surface area contributed by atoms with Crippen LogP contribution in [0.3, 0.4) is 0 Å². The fourth-order valence-electron chi connectivity index (χ4n) is 1.39. The fraction of sp³-hybridized carbons (Fsp3) is 0.667. The Morgan fingerprint density at radius 3 is 3.00 bits per heavy atom. The van der Waals surface area contributed by atoms with E-state index in [-0.39, 0.29) is 0 Å². The maximum atomic E-state index is 4.63. The number of hydrogen-bond donors (Lipinski definition) is 1. The molecule has 1 aromatic heterocycles. The first-order valence-corrected chi connectivity index (χ1v) is 5.28. The highest BCUT2D eigenvalue weighted by molar-refractivity contribution is 7.11. The molecule has 0 spiro atoms. The zero-order chi connectivity index (χ0) is 8.55. The summed E-state index contributed by atoms with van der Waals surface area (Å²) >= 11 is 1.87. The molecular formula is C9H14N2S. The lowest BCUT2D eigenvalue weighted by Crippen LogP contribution is -2.22. The van der Waals surface area contributed by atoms with Crippen LogP contribution in [0, 0.1) is 0 Å². The standard InChI is InChI=1S/C9H14N2S/c1-6(2)9-11-7-3-4-10-5-8(7)12-9/h6,10H,3-5H2,1-2H3. The molecular weight excluding hydrogens is 168 g/mol. The minimum Gasteiger partial charge on any atom is -0.311 e. The topological polar surface area (TPSA) is 24.9 Å². The third-order valence-corrected chi connectivity index (χ3v) is 3.51. The van der Waals surface area contributed by atoms with Crippen LogP contribution in [0.15, 0.2) is 0 Å². The predicted octanol–water partition coefficient (Wildman–Crippen LogP) is 1.91. The van der Waals surface area contributed by atoms with Crippen molar-refractivity contribution in [3.8, 4) is 0 Å². The van der Waals surface area contributed by atoms with Crippen molar-refractivity contribution in [3.05, 3.63) is 15.6 Å². The fourth-order valence-corrected chi connectivity index (χ4v) is 2.48. The zero-order valence-electron chi connectivity index (χ0n) is 7.55. The van der Waals surface area contributed by atoms with E-state index in [9.17, 15) is 0 Å². The van der Waals surface area contributed by atoms with Crippen molar-refractivity contribution in [2.75, 3.05) is 6.54 Å². The van der Waals surface area contributed by atoms with Gasteiger partial charge in [-0.2, -0.15) is 0 Å². The van der Waals surface area contributed by atoms with Crippen molar-refractivity contribution in [2.45, 2.75) is 32.7 Å². The van der Waals surface area contributed by atoms with Crippen LogP contribution in [0.25, 0.3) is 0 Å². The van der Waals surface area contributed by atoms with Crippen molar-refractivity contribution in [3.63, 3.8) is 0 Å². The van der Waals surface area contributed by atoms with Crippen molar-refractivity contribution < 1.29 is 0 Å². The highest BCUT2D eigenvalue weighted by Gasteiger charge is 2.15. The molecule has 1 aromatic rings. The first-order chi connectivity index (χ1) is 5.77. The van der Waals surface area contributed by atoms with Crippen LogP contribution in [0.5, 0.6) is 0 Å². The number of fused-ring (bicyclic) bond motifs is 1. The lowest BCUT2D eigenvalue weighted by molar-refractivity contribution is 0.641. The number of aromatic nitrogens is 1. The van der Waals surface area contributed by atoms with Crippen LogP contribution in [0.2, 0.25) is 0 Å². The lowest BCUT2D eigenvalue weighted by Gasteiger charge is -2.09. The lowest BCUT2D eigenvalue weighted by atomic mass is 10.2. The van der Waals surface area contributed by atoms with Crippen molar-refractivity contribution in [2.24, 2.45) is 0 Å². The summed E-state index contributed by atoms with van der Waals surface area (Å²) in [7, 11) is 0. The van der Waals surface area contributed by atoms with Gasteiger partial charge in [-0.25, -0.2) is 4.98 Å². The molecule has 3 heteroatoms. The number of nitrogens with zero attached hydrogens (tertiary/aromatic N) is 1. The summed E-state index contributed by atoms with van der Waals surface area (Å²) in [5.74, 6) is 0.584. The normalized spacial score (nSPS) is 16.6. The Hall–Kier alpha value is -0.410. The molecule has 1 N–H and O–H groups in total. The second-order valence-corrected chi connectivity index (χ2v) is 4.62. The van der Waals surface area contributed by atoms with Gasteiger partial charge in [0.1, 0.15) is 0 Å². The molecule has 0 bridgehead atoms. The smallest absolute Gasteiger partial charge is 0.0957 e. The third-order valence-electron chi connectivity index (χ3n) is 2.11. The molecule has 0 fully saturated rings. The SMILES string of the molecule is CC(C)c1nc2c(s1)CNCC2. The molecule has 0 saturated carbocycles. The molecule has 0 unspecified atom stereocenters. The molecule has 0 aromatic carbocycles. The van der Waals surface area contributed by atoms with Gasteiger partial charge in [0.15, 0.2) is 0 Å². The van der Waals surface area contributed by atoms with E-state index in [1.54, 1.807) is 0 Å². The Balaban J connectivity index is 2.32. The summed E-state index contributed by atoms with van der Waals surface area (Å²) in [5.41, 5.74) is 1.34. The average Bonchev–Trinajstić information content (AvgIpc) is 2.46. The van der Waals surface area contributed by atoms with Crippen LogP contribution >= 0.6 is 11.3 Å². The van der Waals surface area contributed by atoms with Gasteiger partial charge in [-0.3, -0.25) is 0 Å². The molecule has 0 amide bonds. The Morgan fingerprint density at radius 1 is 1.50 bits per heavy atom. The second kappa shape index (κ2) is 3.15. The summed E-state index contributed by atoms with van der Waals surface area (Å²) in [4.78, 5) is 6.08. The number of hydrogen-bond acceptors (Lipinski definition) is 3. The Morgan fingerprint density at radius 2 is 2.33 bits per heavy atom. The maximum absolute atomic E-state index is 4.63. The van der Waals surface area contributed by atoms with E-state index in [1.165, 1.54) is 15.6 Å². The molecule has 2 heterocycles. The van der Waals surface area contributed by atoms with E-state index in [1.807, 2.05) is 11.3 Å². The first kappa shape index (κ1) is 8.20. The molecule has 0 saturated heterocycles. The van der Waals surface area contributed by atoms with E-state index in [0.29, 0.717) is 5.92 Å². The minimum absolute atomic E-state index is 0.584. The first-order valence-electron chi connectivity index (χ1n) is 4.46. The molecule has 0 atom stereocenters. The quantitative estimate of drug-likeness (QED) is 0.717. The van der Waals surface area contributed by atoms with Gasteiger partial charge in [-0.05, 0) is 0 Å². The summed E-state index contributed by atoms with van der Waals surface area (Å²) in [5, 5.41) is 4.66. The van der Waals surface area contributed by atoms with Crippen LogP contribution in [-0.4, -0.2) is 11.5 Å². The van der Waals surface area contributed by atoms with Crippen LogP contribution in [0.1, 0.15) is 35.3 Å². The van der Waals surface area contributed by atoms with Gasteiger partial charge in [0.2, 0.25) is 0 Å². The van der Waals surface area contributed by atoms with Gasteiger partial charge >= 0.3 is 0 Å². The number of nitrogens with one attached hydrogen (secondary N) is 1.